The second-order valence-electron chi connectivity index (χ2n) is 5.87. The first-order valence-electron chi connectivity index (χ1n) is 8.75. The molecule has 0 saturated carbocycles. The third-order valence-corrected chi connectivity index (χ3v) is 4.02. The zero-order valence-electron chi connectivity index (χ0n) is 14.8. The van der Waals surface area contributed by atoms with Gasteiger partial charge in [-0.3, -0.25) is 4.79 Å². The van der Waals surface area contributed by atoms with E-state index in [1.165, 1.54) is 0 Å². The van der Waals surface area contributed by atoms with Crippen LogP contribution in [0.25, 0.3) is 16.9 Å². The topological polar surface area (TPSA) is 94.5 Å². The van der Waals surface area contributed by atoms with Crippen molar-refractivity contribution >= 4 is 17.4 Å². The number of hydrogen-bond acceptors (Lipinski definition) is 6. The number of aromatic nitrogens is 3. The lowest BCUT2D eigenvalue weighted by Gasteiger charge is -2.07. The molecule has 0 saturated heterocycles. The molecule has 136 valence electrons. The van der Waals surface area contributed by atoms with Crippen molar-refractivity contribution in [2.75, 3.05) is 18.5 Å². The van der Waals surface area contributed by atoms with E-state index in [1.54, 1.807) is 0 Å². The van der Waals surface area contributed by atoms with Crippen molar-refractivity contribution in [3.05, 3.63) is 48.2 Å². The number of fused-ring (bicyclic) bond motifs is 1. The smallest absolute Gasteiger partial charge is 0.305 e. The zero-order chi connectivity index (χ0) is 18.4. The molecule has 7 heteroatoms. The Kier molecular flexibility index (Phi) is 5.80. The quantitative estimate of drug-likeness (QED) is 0.477. The molecular formula is C19H23N5O2. The third kappa shape index (κ3) is 4.18. The molecule has 0 aliphatic carbocycles. The van der Waals surface area contributed by atoms with Crippen LogP contribution in [0.3, 0.4) is 0 Å². The number of imidazole rings is 1. The van der Waals surface area contributed by atoms with Gasteiger partial charge in [0.05, 0.1) is 18.5 Å². The molecule has 0 spiro atoms. The molecule has 0 aliphatic heterocycles. The van der Waals surface area contributed by atoms with Crippen molar-refractivity contribution in [3.63, 3.8) is 0 Å². The lowest BCUT2D eigenvalue weighted by Crippen LogP contribution is -2.09. The fraction of sp³-hybridized carbons (Fsp3) is 0.316. The summed E-state index contributed by atoms with van der Waals surface area (Å²) in [7, 11) is 0. The van der Waals surface area contributed by atoms with Crippen LogP contribution in [0.4, 0.5) is 5.82 Å². The number of rotatable bonds is 8. The van der Waals surface area contributed by atoms with Crippen LogP contribution >= 0.6 is 0 Å². The number of hydrogen-bond donors (Lipinski definition) is 2. The molecule has 0 radical (unpaired) electrons. The molecule has 0 amide bonds. The summed E-state index contributed by atoms with van der Waals surface area (Å²) in [5, 5.41) is 7.85. The molecular weight excluding hydrogens is 330 g/mol. The number of nitrogens with two attached hydrogens (primary N) is 1. The molecule has 0 fully saturated rings. The number of ether oxygens (including phenoxy) is 1. The highest BCUT2D eigenvalue weighted by molar-refractivity contribution is 5.69. The maximum Gasteiger partial charge on any atom is 0.305 e. The maximum atomic E-state index is 11.4. The van der Waals surface area contributed by atoms with Crippen molar-refractivity contribution in [2.24, 2.45) is 5.73 Å². The highest BCUT2D eigenvalue weighted by Crippen LogP contribution is 2.21. The van der Waals surface area contributed by atoms with Gasteiger partial charge < -0.3 is 15.8 Å². The Hall–Kier alpha value is -2.93. The predicted octanol–water partition coefficient (Wildman–Crippen LogP) is 2.61. The molecule has 2 heterocycles. The number of nitrogens with one attached hydrogen (secondary N) is 1. The first-order valence-corrected chi connectivity index (χ1v) is 8.75. The monoisotopic (exact) mass is 353 g/mol. The summed E-state index contributed by atoms with van der Waals surface area (Å²) in [5.41, 5.74) is 9.46. The molecule has 0 aliphatic rings. The Morgan fingerprint density at radius 2 is 2.04 bits per heavy atom. The van der Waals surface area contributed by atoms with Crippen LogP contribution in [0.15, 0.2) is 42.6 Å². The van der Waals surface area contributed by atoms with Crippen molar-refractivity contribution < 1.29 is 9.53 Å². The van der Waals surface area contributed by atoms with E-state index in [1.807, 2.05) is 54.0 Å². The standard InChI is InChI=1S/C19H23N5O2/c1-2-26-19(25)4-3-11-21-17-9-10-18-22-13-16(24(18)23-17)15-7-5-14(12-20)6-8-15/h5-10,13H,2-4,11-12,20H2,1H3,(H,21,23). The first-order chi connectivity index (χ1) is 12.7. The summed E-state index contributed by atoms with van der Waals surface area (Å²) >= 11 is 0. The molecule has 3 rings (SSSR count). The highest BCUT2D eigenvalue weighted by atomic mass is 16.5. The van der Waals surface area contributed by atoms with Gasteiger partial charge in [0, 0.05) is 25.1 Å². The van der Waals surface area contributed by atoms with Crippen molar-refractivity contribution in [1.29, 1.82) is 0 Å². The van der Waals surface area contributed by atoms with Crippen LogP contribution in [0.1, 0.15) is 25.3 Å². The van der Waals surface area contributed by atoms with E-state index in [2.05, 4.69) is 15.4 Å². The minimum atomic E-state index is -0.171. The van der Waals surface area contributed by atoms with E-state index in [0.29, 0.717) is 32.5 Å². The lowest BCUT2D eigenvalue weighted by atomic mass is 10.1. The van der Waals surface area contributed by atoms with E-state index in [0.717, 1.165) is 28.3 Å². The number of nitrogens with zero attached hydrogens (tertiary/aromatic N) is 3. The fourth-order valence-electron chi connectivity index (χ4n) is 2.66. The minimum Gasteiger partial charge on any atom is -0.466 e. The van der Waals surface area contributed by atoms with Gasteiger partial charge in [0.25, 0.3) is 0 Å². The largest absolute Gasteiger partial charge is 0.466 e. The molecule has 0 bridgehead atoms. The van der Waals surface area contributed by atoms with E-state index in [-0.39, 0.29) is 5.97 Å². The molecule has 7 nitrogen and oxygen atoms in total. The number of benzene rings is 1. The Bertz CT molecular complexity index is 873. The molecule has 0 unspecified atom stereocenters. The molecule has 0 atom stereocenters. The summed E-state index contributed by atoms with van der Waals surface area (Å²) in [4.78, 5) is 15.8. The van der Waals surface area contributed by atoms with E-state index in [4.69, 9.17) is 10.5 Å². The number of anilines is 1. The van der Waals surface area contributed by atoms with E-state index < -0.39 is 0 Å². The highest BCUT2D eigenvalue weighted by Gasteiger charge is 2.08. The van der Waals surface area contributed by atoms with Gasteiger partial charge in [-0.25, -0.2) is 9.50 Å². The van der Waals surface area contributed by atoms with Gasteiger partial charge in [-0.15, -0.1) is 5.10 Å². The van der Waals surface area contributed by atoms with Gasteiger partial charge in [-0.1, -0.05) is 24.3 Å². The summed E-state index contributed by atoms with van der Waals surface area (Å²) in [6.07, 6.45) is 2.90. The van der Waals surface area contributed by atoms with Crippen LogP contribution < -0.4 is 11.1 Å². The van der Waals surface area contributed by atoms with Gasteiger partial charge >= 0.3 is 5.97 Å². The van der Waals surface area contributed by atoms with Crippen LogP contribution in [0.2, 0.25) is 0 Å². The second-order valence-corrected chi connectivity index (χ2v) is 5.87. The van der Waals surface area contributed by atoms with Crippen LogP contribution in [0, 0.1) is 0 Å². The molecule has 1 aromatic carbocycles. The first kappa shape index (κ1) is 17.9. The average Bonchev–Trinajstić information content (AvgIpc) is 3.09. The minimum absolute atomic E-state index is 0.171. The maximum absolute atomic E-state index is 11.4. The van der Waals surface area contributed by atoms with Gasteiger partial charge in [-0.05, 0) is 31.0 Å². The average molecular weight is 353 g/mol. The number of carbonyl (C=O) groups is 1. The van der Waals surface area contributed by atoms with Gasteiger partial charge in [0.2, 0.25) is 0 Å². The molecule has 2 aromatic heterocycles. The Labute approximate surface area is 152 Å². The molecule has 3 N–H and O–H groups in total. The summed E-state index contributed by atoms with van der Waals surface area (Å²) in [6, 6.07) is 11.9. The summed E-state index contributed by atoms with van der Waals surface area (Å²) < 4.78 is 6.73. The number of carbonyl (C=O) groups excluding carboxylic acids is 1. The molecule has 3 aromatic rings. The Morgan fingerprint density at radius 3 is 2.77 bits per heavy atom. The summed E-state index contributed by atoms with van der Waals surface area (Å²) in [6.45, 7) is 3.39. The fourth-order valence-corrected chi connectivity index (χ4v) is 2.66. The Morgan fingerprint density at radius 1 is 1.23 bits per heavy atom. The van der Waals surface area contributed by atoms with Crippen LogP contribution in [0.5, 0.6) is 0 Å². The van der Waals surface area contributed by atoms with Crippen molar-refractivity contribution in [3.8, 4) is 11.3 Å². The summed E-state index contributed by atoms with van der Waals surface area (Å²) in [5.74, 6) is 0.565. The zero-order valence-corrected chi connectivity index (χ0v) is 14.8. The third-order valence-electron chi connectivity index (χ3n) is 4.02. The van der Waals surface area contributed by atoms with E-state index >= 15 is 0 Å². The van der Waals surface area contributed by atoms with Gasteiger partial charge in [-0.2, -0.15) is 0 Å². The van der Waals surface area contributed by atoms with Crippen molar-refractivity contribution in [2.45, 2.75) is 26.3 Å². The van der Waals surface area contributed by atoms with Gasteiger partial charge in [0.1, 0.15) is 5.82 Å². The molecule has 26 heavy (non-hydrogen) atoms. The Balaban J connectivity index is 1.70. The van der Waals surface area contributed by atoms with Crippen molar-refractivity contribution in [1.82, 2.24) is 14.6 Å². The number of esters is 1. The second kappa shape index (κ2) is 8.44. The lowest BCUT2D eigenvalue weighted by molar-refractivity contribution is -0.143. The normalized spacial score (nSPS) is 10.8. The van der Waals surface area contributed by atoms with Crippen LogP contribution in [-0.2, 0) is 16.1 Å². The predicted molar refractivity (Wildman–Crippen MR) is 101 cm³/mol. The SMILES string of the molecule is CCOC(=O)CCCNc1ccc2ncc(-c3ccc(CN)cc3)n2n1. The van der Waals surface area contributed by atoms with Gasteiger partial charge in [0.15, 0.2) is 5.65 Å². The van der Waals surface area contributed by atoms with Crippen LogP contribution in [-0.4, -0.2) is 33.7 Å². The van der Waals surface area contributed by atoms with E-state index in [9.17, 15) is 4.79 Å².